The number of benzene rings is 1. The topological polar surface area (TPSA) is 90.5 Å². The summed E-state index contributed by atoms with van der Waals surface area (Å²) < 4.78 is 16.9. The third-order valence-corrected chi connectivity index (χ3v) is 4.91. The monoisotopic (exact) mass is 403 g/mol. The zero-order chi connectivity index (χ0) is 20.5. The van der Waals surface area contributed by atoms with Crippen molar-refractivity contribution in [1.29, 1.82) is 0 Å². The molecule has 1 N–H and O–H groups in total. The van der Waals surface area contributed by atoms with E-state index in [4.69, 9.17) is 0 Å². The predicted molar refractivity (Wildman–Crippen MR) is 107 cm³/mol. The number of aromatic nitrogens is 6. The van der Waals surface area contributed by atoms with Crippen LogP contribution in [0.25, 0.3) is 5.69 Å². The van der Waals surface area contributed by atoms with Crippen LogP contribution in [0.15, 0.2) is 61.1 Å². The maximum Gasteiger partial charge on any atom is 0.279 e. The van der Waals surface area contributed by atoms with Crippen molar-refractivity contribution in [3.05, 3.63) is 83.8 Å². The van der Waals surface area contributed by atoms with Crippen LogP contribution in [0.5, 0.6) is 0 Å². The van der Waals surface area contributed by atoms with Crippen molar-refractivity contribution in [2.24, 2.45) is 0 Å². The van der Waals surface area contributed by atoms with Gasteiger partial charge < -0.3 is 5.32 Å². The normalized spacial score (nSPS) is 13.4. The highest BCUT2D eigenvalue weighted by Crippen LogP contribution is 2.42. The van der Waals surface area contributed by atoms with Crippen LogP contribution in [0.4, 0.5) is 10.2 Å². The zero-order valence-corrected chi connectivity index (χ0v) is 15.9. The molecular formula is C21H18FN7O. The van der Waals surface area contributed by atoms with Crippen molar-refractivity contribution in [2.45, 2.75) is 25.3 Å². The smallest absolute Gasteiger partial charge is 0.279 e. The summed E-state index contributed by atoms with van der Waals surface area (Å²) in [6.45, 7) is 0.571. The van der Waals surface area contributed by atoms with Crippen LogP contribution in [0, 0.1) is 5.82 Å². The third kappa shape index (κ3) is 3.69. The number of hydrogen-bond acceptors (Lipinski definition) is 5. The number of anilines is 1. The molecule has 0 bridgehead atoms. The second-order valence-corrected chi connectivity index (χ2v) is 7.20. The molecule has 0 atom stereocenters. The van der Waals surface area contributed by atoms with Crippen molar-refractivity contribution >= 4 is 11.7 Å². The first-order valence-corrected chi connectivity index (χ1v) is 9.62. The molecule has 5 rings (SSSR count). The van der Waals surface area contributed by atoms with Crippen LogP contribution < -0.4 is 5.32 Å². The predicted octanol–water partition coefficient (Wildman–Crippen LogP) is 3.18. The molecule has 0 aliphatic heterocycles. The summed E-state index contributed by atoms with van der Waals surface area (Å²) in [5, 5.41) is 15.4. The molecule has 1 amide bonds. The largest absolute Gasteiger partial charge is 0.304 e. The highest BCUT2D eigenvalue weighted by atomic mass is 19.1. The lowest BCUT2D eigenvalue weighted by atomic mass is 10.2. The SMILES string of the molecule is O=C(Nc1ccn(Cc2ccncc2)n1)c1nnn(-c2cccc(F)c2)c1C1CC1. The van der Waals surface area contributed by atoms with Crippen LogP contribution in [-0.4, -0.2) is 35.7 Å². The summed E-state index contributed by atoms with van der Waals surface area (Å²) >= 11 is 0. The van der Waals surface area contributed by atoms with Gasteiger partial charge in [0.2, 0.25) is 0 Å². The highest BCUT2D eigenvalue weighted by molar-refractivity contribution is 6.03. The fraction of sp³-hybridized carbons (Fsp3) is 0.190. The lowest BCUT2D eigenvalue weighted by Crippen LogP contribution is -2.16. The minimum Gasteiger partial charge on any atom is -0.304 e. The van der Waals surface area contributed by atoms with Gasteiger partial charge in [-0.3, -0.25) is 14.5 Å². The first-order valence-electron chi connectivity index (χ1n) is 9.62. The van der Waals surface area contributed by atoms with Crippen molar-refractivity contribution in [3.63, 3.8) is 0 Å². The molecule has 0 saturated heterocycles. The highest BCUT2D eigenvalue weighted by Gasteiger charge is 2.34. The summed E-state index contributed by atoms with van der Waals surface area (Å²) in [6, 6.07) is 11.6. The van der Waals surface area contributed by atoms with Crippen LogP contribution in [0.3, 0.4) is 0 Å². The van der Waals surface area contributed by atoms with E-state index in [9.17, 15) is 9.18 Å². The van der Waals surface area contributed by atoms with Crippen LogP contribution in [0.2, 0.25) is 0 Å². The number of halogens is 1. The number of carbonyl (C=O) groups excluding carboxylic acids is 1. The van der Waals surface area contributed by atoms with Gasteiger partial charge in [0, 0.05) is 30.6 Å². The van der Waals surface area contributed by atoms with Gasteiger partial charge in [-0.25, -0.2) is 9.07 Å². The second kappa shape index (κ2) is 7.51. The van der Waals surface area contributed by atoms with Crippen molar-refractivity contribution < 1.29 is 9.18 Å². The van der Waals surface area contributed by atoms with Gasteiger partial charge in [-0.05, 0) is 48.7 Å². The van der Waals surface area contributed by atoms with Gasteiger partial charge in [0.05, 0.1) is 17.9 Å². The molecule has 150 valence electrons. The van der Waals surface area contributed by atoms with Gasteiger partial charge in [-0.2, -0.15) is 5.10 Å². The fourth-order valence-corrected chi connectivity index (χ4v) is 3.34. The van der Waals surface area contributed by atoms with E-state index in [0.717, 1.165) is 18.4 Å². The molecule has 8 nitrogen and oxygen atoms in total. The van der Waals surface area contributed by atoms with E-state index in [0.29, 0.717) is 23.7 Å². The van der Waals surface area contributed by atoms with E-state index in [1.807, 2.05) is 12.1 Å². The molecule has 1 aliphatic carbocycles. The summed E-state index contributed by atoms with van der Waals surface area (Å²) in [7, 11) is 0. The Labute approximate surface area is 171 Å². The molecule has 0 unspecified atom stereocenters. The van der Waals surface area contributed by atoms with Crippen LogP contribution >= 0.6 is 0 Å². The van der Waals surface area contributed by atoms with Crippen molar-refractivity contribution in [1.82, 2.24) is 29.8 Å². The number of nitrogens with zero attached hydrogens (tertiary/aromatic N) is 6. The van der Waals surface area contributed by atoms with Crippen molar-refractivity contribution in [3.8, 4) is 5.69 Å². The Kier molecular flexibility index (Phi) is 4.55. The molecule has 1 saturated carbocycles. The first-order chi connectivity index (χ1) is 14.7. The minimum absolute atomic E-state index is 0.188. The molecule has 3 heterocycles. The standard InChI is InChI=1S/C21H18FN7O/c22-16-2-1-3-17(12-16)29-20(15-4-5-15)19(25-27-29)21(30)24-18-8-11-28(26-18)13-14-6-9-23-10-7-14/h1-3,6-12,15H,4-5,13H2,(H,24,26,30). The Balaban J connectivity index is 1.37. The average molecular weight is 403 g/mol. The Bertz CT molecular complexity index is 1200. The van der Waals surface area contributed by atoms with E-state index in [1.54, 1.807) is 46.2 Å². The lowest BCUT2D eigenvalue weighted by molar-refractivity contribution is 0.102. The maximum absolute atomic E-state index is 13.7. The molecule has 9 heteroatoms. The quantitative estimate of drug-likeness (QED) is 0.534. The number of pyridine rings is 1. The summed E-state index contributed by atoms with van der Waals surface area (Å²) in [4.78, 5) is 16.9. The van der Waals surface area contributed by atoms with E-state index >= 15 is 0 Å². The Morgan fingerprint density at radius 3 is 2.77 bits per heavy atom. The Morgan fingerprint density at radius 1 is 1.17 bits per heavy atom. The molecule has 0 spiro atoms. The maximum atomic E-state index is 13.7. The summed E-state index contributed by atoms with van der Waals surface area (Å²) in [5.41, 5.74) is 2.55. The van der Waals surface area contributed by atoms with Crippen molar-refractivity contribution in [2.75, 3.05) is 5.32 Å². The molecular weight excluding hydrogens is 385 g/mol. The van der Waals surface area contributed by atoms with Gasteiger partial charge in [0.1, 0.15) is 5.82 Å². The van der Waals surface area contributed by atoms with E-state index in [1.165, 1.54) is 12.1 Å². The van der Waals surface area contributed by atoms with Gasteiger partial charge >= 0.3 is 0 Å². The molecule has 0 radical (unpaired) electrons. The Hall–Kier alpha value is -3.88. The summed E-state index contributed by atoms with van der Waals surface area (Å²) in [5.74, 6) is -0.131. The molecule has 30 heavy (non-hydrogen) atoms. The average Bonchev–Trinajstić information content (AvgIpc) is 3.34. The number of rotatable bonds is 6. The van der Waals surface area contributed by atoms with Gasteiger partial charge in [0.25, 0.3) is 5.91 Å². The molecule has 3 aromatic heterocycles. The third-order valence-electron chi connectivity index (χ3n) is 4.91. The van der Waals surface area contributed by atoms with E-state index in [-0.39, 0.29) is 23.3 Å². The second-order valence-electron chi connectivity index (χ2n) is 7.20. The number of hydrogen-bond donors (Lipinski definition) is 1. The Morgan fingerprint density at radius 2 is 2.00 bits per heavy atom. The fourth-order valence-electron chi connectivity index (χ4n) is 3.34. The molecule has 4 aromatic rings. The van der Waals surface area contributed by atoms with E-state index < -0.39 is 0 Å². The minimum atomic E-state index is -0.381. The van der Waals surface area contributed by atoms with Gasteiger partial charge in [0.15, 0.2) is 11.5 Å². The first kappa shape index (κ1) is 18.2. The van der Waals surface area contributed by atoms with Crippen LogP contribution in [0.1, 0.15) is 40.5 Å². The summed E-state index contributed by atoms with van der Waals surface area (Å²) in [6.07, 6.45) is 7.14. The van der Waals surface area contributed by atoms with E-state index in [2.05, 4.69) is 25.7 Å². The van der Waals surface area contributed by atoms with Gasteiger partial charge in [-0.1, -0.05) is 11.3 Å². The molecule has 1 aromatic carbocycles. The lowest BCUT2D eigenvalue weighted by Gasteiger charge is -2.07. The van der Waals surface area contributed by atoms with Crippen LogP contribution in [-0.2, 0) is 6.54 Å². The number of carbonyl (C=O) groups is 1. The number of nitrogens with one attached hydrogen (secondary N) is 1. The molecule has 1 aliphatic rings. The number of amides is 1. The zero-order valence-electron chi connectivity index (χ0n) is 15.9. The molecule has 1 fully saturated rings. The van der Waals surface area contributed by atoms with Gasteiger partial charge in [-0.15, -0.1) is 5.10 Å².